The second-order valence-electron chi connectivity index (χ2n) is 5.32. The third-order valence-corrected chi connectivity index (χ3v) is 4.76. The molecule has 1 fully saturated rings. The van der Waals surface area contributed by atoms with Gasteiger partial charge < -0.3 is 10.2 Å². The number of nitro groups is 1. The van der Waals surface area contributed by atoms with E-state index >= 15 is 0 Å². The molecule has 1 aromatic carbocycles. The van der Waals surface area contributed by atoms with Crippen LogP contribution in [0.15, 0.2) is 23.1 Å². The summed E-state index contributed by atoms with van der Waals surface area (Å²) in [7, 11) is 1.59. The van der Waals surface area contributed by atoms with Crippen LogP contribution in [0.25, 0.3) is 0 Å². The van der Waals surface area contributed by atoms with Crippen molar-refractivity contribution in [3.05, 3.63) is 33.9 Å². The van der Waals surface area contributed by atoms with Crippen LogP contribution in [0.1, 0.15) is 23.2 Å². The molecule has 0 aromatic heterocycles. The molecule has 1 aromatic rings. The number of nitrogens with zero attached hydrogens (tertiary/aromatic N) is 2. The van der Waals surface area contributed by atoms with Crippen molar-refractivity contribution in [1.29, 1.82) is 0 Å². The van der Waals surface area contributed by atoms with Crippen LogP contribution in [0.3, 0.4) is 0 Å². The molecule has 1 N–H and O–H groups in total. The number of piperidine rings is 1. The van der Waals surface area contributed by atoms with E-state index in [1.54, 1.807) is 24.1 Å². The van der Waals surface area contributed by atoms with Crippen molar-refractivity contribution < 1.29 is 14.5 Å². The van der Waals surface area contributed by atoms with E-state index in [0.717, 1.165) is 4.90 Å². The molecule has 0 saturated carbocycles. The molecule has 0 atom stereocenters. The quantitative estimate of drug-likeness (QED) is 0.515. The number of thioether (sulfide) groups is 1. The van der Waals surface area contributed by atoms with Gasteiger partial charge in [-0.25, -0.2) is 0 Å². The monoisotopic (exact) mass is 337 g/mol. The summed E-state index contributed by atoms with van der Waals surface area (Å²) in [6.45, 7) is 0.856. The Labute approximate surface area is 138 Å². The van der Waals surface area contributed by atoms with Gasteiger partial charge in [0.1, 0.15) is 5.56 Å². The molecule has 1 aliphatic heterocycles. The van der Waals surface area contributed by atoms with Gasteiger partial charge in [0, 0.05) is 37.0 Å². The van der Waals surface area contributed by atoms with Gasteiger partial charge in [-0.3, -0.25) is 19.7 Å². The SMILES string of the molecule is CNC(=O)C1CCN(C(=O)c2cc(SC)ccc2[N+](=O)[O-])CC1. The second kappa shape index (κ2) is 7.45. The van der Waals surface area contributed by atoms with E-state index in [-0.39, 0.29) is 29.0 Å². The lowest BCUT2D eigenvalue weighted by atomic mass is 9.95. The highest BCUT2D eigenvalue weighted by Gasteiger charge is 2.30. The summed E-state index contributed by atoms with van der Waals surface area (Å²) in [6, 6.07) is 4.57. The minimum Gasteiger partial charge on any atom is -0.359 e. The molecular formula is C15H19N3O4S. The van der Waals surface area contributed by atoms with Gasteiger partial charge in [0.05, 0.1) is 4.92 Å². The van der Waals surface area contributed by atoms with E-state index in [4.69, 9.17) is 0 Å². The van der Waals surface area contributed by atoms with Crippen LogP contribution >= 0.6 is 11.8 Å². The molecule has 0 spiro atoms. The second-order valence-corrected chi connectivity index (χ2v) is 6.20. The smallest absolute Gasteiger partial charge is 0.282 e. The van der Waals surface area contributed by atoms with Crippen LogP contribution in [0.2, 0.25) is 0 Å². The highest BCUT2D eigenvalue weighted by atomic mass is 32.2. The number of nitrogens with one attached hydrogen (secondary N) is 1. The maximum atomic E-state index is 12.7. The average Bonchev–Trinajstić information content (AvgIpc) is 2.59. The molecule has 7 nitrogen and oxygen atoms in total. The first kappa shape index (κ1) is 17.3. The molecule has 0 radical (unpaired) electrons. The van der Waals surface area contributed by atoms with Crippen molar-refractivity contribution in [3.63, 3.8) is 0 Å². The van der Waals surface area contributed by atoms with Gasteiger partial charge in [0.15, 0.2) is 0 Å². The van der Waals surface area contributed by atoms with Gasteiger partial charge in [-0.05, 0) is 31.2 Å². The molecule has 124 valence electrons. The van der Waals surface area contributed by atoms with Crippen LogP contribution in [0, 0.1) is 16.0 Å². The number of amides is 2. The Morgan fingerprint density at radius 3 is 2.52 bits per heavy atom. The van der Waals surface area contributed by atoms with Crippen molar-refractivity contribution in [2.75, 3.05) is 26.4 Å². The topological polar surface area (TPSA) is 92.6 Å². The molecule has 1 heterocycles. The third kappa shape index (κ3) is 3.82. The average molecular weight is 337 g/mol. The molecule has 1 aliphatic rings. The fourth-order valence-corrected chi connectivity index (χ4v) is 3.13. The fourth-order valence-electron chi connectivity index (χ4n) is 2.69. The third-order valence-electron chi connectivity index (χ3n) is 4.03. The summed E-state index contributed by atoms with van der Waals surface area (Å²) in [5.74, 6) is -0.466. The standard InChI is InChI=1S/C15H19N3O4S/c1-16-14(19)10-5-7-17(8-6-10)15(20)12-9-11(23-2)3-4-13(12)18(21)22/h3-4,9-10H,5-8H2,1-2H3,(H,16,19). The maximum absolute atomic E-state index is 12.7. The lowest BCUT2D eigenvalue weighted by Crippen LogP contribution is -2.42. The van der Waals surface area contributed by atoms with Gasteiger partial charge in [0.25, 0.3) is 11.6 Å². The molecule has 8 heteroatoms. The summed E-state index contributed by atoms with van der Waals surface area (Å²) >= 11 is 1.43. The molecule has 2 rings (SSSR count). The molecule has 2 amide bonds. The first-order chi connectivity index (χ1) is 11.0. The van der Waals surface area contributed by atoms with E-state index in [1.807, 2.05) is 6.26 Å². The number of rotatable bonds is 4. The van der Waals surface area contributed by atoms with E-state index in [0.29, 0.717) is 25.9 Å². The number of carbonyl (C=O) groups is 2. The lowest BCUT2D eigenvalue weighted by Gasteiger charge is -2.31. The van der Waals surface area contributed by atoms with E-state index in [9.17, 15) is 19.7 Å². The number of benzene rings is 1. The van der Waals surface area contributed by atoms with Crippen LogP contribution < -0.4 is 5.32 Å². The summed E-state index contributed by atoms with van der Waals surface area (Å²) in [4.78, 5) is 37.3. The first-order valence-corrected chi connectivity index (χ1v) is 8.53. The minimum absolute atomic E-state index is 0.0209. The Kier molecular flexibility index (Phi) is 5.59. The Morgan fingerprint density at radius 2 is 2.00 bits per heavy atom. The normalized spacial score (nSPS) is 15.3. The predicted octanol–water partition coefficient (Wildman–Crippen LogP) is 1.91. The highest BCUT2D eigenvalue weighted by molar-refractivity contribution is 7.98. The number of hydrogen-bond donors (Lipinski definition) is 1. The van der Waals surface area contributed by atoms with Gasteiger partial charge >= 0.3 is 0 Å². The zero-order valence-corrected chi connectivity index (χ0v) is 13.9. The van der Waals surface area contributed by atoms with Crippen LogP contribution in [0.4, 0.5) is 5.69 Å². The summed E-state index contributed by atoms with van der Waals surface area (Å²) in [6.07, 6.45) is 2.99. The Bertz CT molecular complexity index is 627. The number of hydrogen-bond acceptors (Lipinski definition) is 5. The van der Waals surface area contributed by atoms with Crippen LogP contribution in [-0.4, -0.2) is 48.0 Å². The lowest BCUT2D eigenvalue weighted by molar-refractivity contribution is -0.385. The van der Waals surface area contributed by atoms with Crippen molar-refractivity contribution in [1.82, 2.24) is 10.2 Å². The van der Waals surface area contributed by atoms with Crippen molar-refractivity contribution in [2.45, 2.75) is 17.7 Å². The van der Waals surface area contributed by atoms with E-state index in [1.165, 1.54) is 17.8 Å². The fraction of sp³-hybridized carbons (Fsp3) is 0.467. The number of likely N-dealkylation sites (tertiary alicyclic amines) is 1. The van der Waals surface area contributed by atoms with Crippen molar-refractivity contribution in [3.8, 4) is 0 Å². The summed E-state index contributed by atoms with van der Waals surface area (Å²) in [5.41, 5.74) is -0.0681. The molecule has 0 bridgehead atoms. The molecule has 23 heavy (non-hydrogen) atoms. The highest BCUT2D eigenvalue weighted by Crippen LogP contribution is 2.27. The first-order valence-electron chi connectivity index (χ1n) is 7.31. The van der Waals surface area contributed by atoms with Crippen molar-refractivity contribution >= 4 is 29.3 Å². The van der Waals surface area contributed by atoms with E-state index < -0.39 is 4.92 Å². The molecule has 1 saturated heterocycles. The summed E-state index contributed by atoms with van der Waals surface area (Å²) in [5, 5.41) is 13.8. The number of carbonyl (C=O) groups excluding carboxylic acids is 2. The Hall–Kier alpha value is -2.09. The molecule has 0 unspecified atom stereocenters. The van der Waals surface area contributed by atoms with Crippen molar-refractivity contribution in [2.24, 2.45) is 5.92 Å². The molecular weight excluding hydrogens is 318 g/mol. The predicted molar refractivity (Wildman–Crippen MR) is 87.6 cm³/mol. The Morgan fingerprint density at radius 1 is 1.35 bits per heavy atom. The van der Waals surface area contributed by atoms with E-state index in [2.05, 4.69) is 5.32 Å². The largest absolute Gasteiger partial charge is 0.359 e. The van der Waals surface area contributed by atoms with Gasteiger partial charge in [-0.1, -0.05) is 0 Å². The zero-order chi connectivity index (χ0) is 17.0. The van der Waals surface area contributed by atoms with Gasteiger partial charge in [-0.15, -0.1) is 11.8 Å². The van der Waals surface area contributed by atoms with Gasteiger partial charge in [-0.2, -0.15) is 0 Å². The van der Waals surface area contributed by atoms with Crippen LogP contribution in [0.5, 0.6) is 0 Å². The molecule has 0 aliphatic carbocycles. The zero-order valence-electron chi connectivity index (χ0n) is 13.1. The Balaban J connectivity index is 2.18. The maximum Gasteiger partial charge on any atom is 0.282 e. The number of nitro benzene ring substituents is 1. The minimum atomic E-state index is -0.533. The summed E-state index contributed by atoms with van der Waals surface area (Å²) < 4.78 is 0. The van der Waals surface area contributed by atoms with Gasteiger partial charge in [0.2, 0.25) is 5.91 Å². The van der Waals surface area contributed by atoms with Crippen LogP contribution in [-0.2, 0) is 4.79 Å².